The molecular formula is C15H22N2O. The van der Waals surface area contributed by atoms with E-state index in [1.54, 1.807) is 0 Å². The lowest BCUT2D eigenvalue weighted by Crippen LogP contribution is -2.37. The van der Waals surface area contributed by atoms with Crippen molar-refractivity contribution in [2.75, 3.05) is 18.4 Å². The molecule has 1 amide bonds. The molecule has 0 radical (unpaired) electrons. The van der Waals surface area contributed by atoms with Gasteiger partial charge in [0.1, 0.15) is 0 Å². The molecule has 0 fully saturated rings. The number of amides is 1. The Kier molecular flexibility index (Phi) is 3.60. The van der Waals surface area contributed by atoms with Crippen LogP contribution in [0.25, 0.3) is 0 Å². The Morgan fingerprint density at radius 2 is 2.17 bits per heavy atom. The van der Waals surface area contributed by atoms with E-state index in [2.05, 4.69) is 31.4 Å². The Balaban J connectivity index is 2.00. The van der Waals surface area contributed by atoms with Crippen LogP contribution in [0.5, 0.6) is 0 Å². The molecule has 0 aromatic heterocycles. The minimum absolute atomic E-state index is 0.0474. The lowest BCUT2D eigenvalue weighted by molar-refractivity contribution is -0.122. The van der Waals surface area contributed by atoms with Gasteiger partial charge >= 0.3 is 0 Å². The number of carbonyl (C=O) groups is 1. The van der Waals surface area contributed by atoms with E-state index in [9.17, 15) is 4.79 Å². The first-order chi connectivity index (χ1) is 8.53. The number of hydrogen-bond donors (Lipinski definition) is 2. The highest BCUT2D eigenvalue weighted by molar-refractivity contribution is 5.88. The molecule has 0 aliphatic carbocycles. The van der Waals surface area contributed by atoms with Crippen LogP contribution in [0, 0.1) is 5.41 Å². The summed E-state index contributed by atoms with van der Waals surface area (Å²) < 4.78 is 0. The minimum Gasteiger partial charge on any atom is -0.384 e. The Morgan fingerprint density at radius 3 is 2.89 bits per heavy atom. The topological polar surface area (TPSA) is 41.1 Å². The third kappa shape index (κ3) is 2.66. The average Bonchev–Trinajstić information content (AvgIpc) is 2.80. The molecular weight excluding hydrogens is 224 g/mol. The molecule has 0 spiro atoms. The van der Waals surface area contributed by atoms with Gasteiger partial charge in [0, 0.05) is 18.8 Å². The smallest absolute Gasteiger partial charge is 0.229 e. The van der Waals surface area contributed by atoms with Gasteiger partial charge in [-0.3, -0.25) is 4.79 Å². The molecule has 1 aliphatic heterocycles. The zero-order valence-electron chi connectivity index (χ0n) is 11.4. The summed E-state index contributed by atoms with van der Waals surface area (Å²) in [4.78, 5) is 12.2. The van der Waals surface area contributed by atoms with E-state index in [1.807, 2.05) is 24.3 Å². The predicted molar refractivity (Wildman–Crippen MR) is 74.8 cm³/mol. The zero-order chi connectivity index (χ0) is 13.2. The Bertz CT molecular complexity index is 440. The largest absolute Gasteiger partial charge is 0.384 e. The third-order valence-corrected chi connectivity index (χ3v) is 3.85. The second-order valence-electron chi connectivity index (χ2n) is 5.76. The lowest BCUT2D eigenvalue weighted by Gasteiger charge is -2.24. The molecule has 0 bridgehead atoms. The van der Waals surface area contributed by atoms with Gasteiger partial charge in [-0.05, 0) is 23.5 Å². The zero-order valence-corrected chi connectivity index (χ0v) is 11.4. The van der Waals surface area contributed by atoms with Gasteiger partial charge in [-0.1, -0.05) is 39.0 Å². The van der Waals surface area contributed by atoms with Crippen LogP contribution in [0.1, 0.15) is 38.7 Å². The fourth-order valence-electron chi connectivity index (χ4n) is 2.09. The number of nitrogens with one attached hydrogen (secondary N) is 2. The van der Waals surface area contributed by atoms with E-state index in [1.165, 1.54) is 0 Å². The molecule has 1 heterocycles. The highest BCUT2D eigenvalue weighted by atomic mass is 16.1. The molecule has 1 atom stereocenters. The van der Waals surface area contributed by atoms with Gasteiger partial charge in [0.05, 0.1) is 5.92 Å². The lowest BCUT2D eigenvalue weighted by atomic mass is 9.90. The van der Waals surface area contributed by atoms with E-state index in [4.69, 9.17) is 0 Å². The Hall–Kier alpha value is -1.51. The summed E-state index contributed by atoms with van der Waals surface area (Å²) >= 11 is 0. The molecule has 0 saturated heterocycles. The average molecular weight is 246 g/mol. The van der Waals surface area contributed by atoms with E-state index in [0.29, 0.717) is 6.54 Å². The van der Waals surface area contributed by atoms with Gasteiger partial charge in [-0.15, -0.1) is 0 Å². The molecule has 1 aliphatic rings. The second-order valence-corrected chi connectivity index (χ2v) is 5.76. The number of benzene rings is 1. The summed E-state index contributed by atoms with van der Waals surface area (Å²) in [6.07, 6.45) is 1.06. The summed E-state index contributed by atoms with van der Waals surface area (Å²) in [5.74, 6) is 0.0860. The molecule has 1 aromatic carbocycles. The van der Waals surface area contributed by atoms with Crippen molar-refractivity contribution in [3.63, 3.8) is 0 Å². The molecule has 18 heavy (non-hydrogen) atoms. The molecule has 98 valence electrons. The summed E-state index contributed by atoms with van der Waals surface area (Å²) in [5.41, 5.74) is 2.37. The first-order valence-electron chi connectivity index (χ1n) is 6.64. The number of para-hydroxylation sites is 1. The first-order valence-corrected chi connectivity index (χ1v) is 6.64. The van der Waals surface area contributed by atoms with Crippen molar-refractivity contribution in [3.8, 4) is 0 Å². The second kappa shape index (κ2) is 5.01. The number of anilines is 1. The van der Waals surface area contributed by atoms with Crippen LogP contribution in [0.3, 0.4) is 0 Å². The standard InChI is InChI=1S/C15H22N2O/c1-4-15(2,3)10-17-14(18)12-9-16-13-8-6-5-7-11(12)13/h5-8,12,16H,4,9-10H2,1-3H3,(H,17,18). The Morgan fingerprint density at radius 1 is 1.44 bits per heavy atom. The number of carbonyl (C=O) groups excluding carboxylic acids is 1. The molecule has 3 nitrogen and oxygen atoms in total. The number of hydrogen-bond acceptors (Lipinski definition) is 2. The fraction of sp³-hybridized carbons (Fsp3) is 0.533. The minimum atomic E-state index is -0.0474. The van der Waals surface area contributed by atoms with Crippen LogP contribution in [-0.4, -0.2) is 19.0 Å². The normalized spacial score (nSPS) is 18.1. The van der Waals surface area contributed by atoms with Crippen LogP contribution in [0.4, 0.5) is 5.69 Å². The van der Waals surface area contributed by atoms with Crippen molar-refractivity contribution in [2.24, 2.45) is 5.41 Å². The first kappa shape index (κ1) is 12.9. The summed E-state index contributed by atoms with van der Waals surface area (Å²) in [7, 11) is 0. The van der Waals surface area contributed by atoms with Crippen molar-refractivity contribution in [1.82, 2.24) is 5.32 Å². The van der Waals surface area contributed by atoms with Crippen molar-refractivity contribution < 1.29 is 4.79 Å². The summed E-state index contributed by atoms with van der Waals surface area (Å²) in [6, 6.07) is 8.04. The quantitative estimate of drug-likeness (QED) is 0.857. The highest BCUT2D eigenvalue weighted by Gasteiger charge is 2.28. The van der Waals surface area contributed by atoms with Gasteiger partial charge in [-0.25, -0.2) is 0 Å². The monoisotopic (exact) mass is 246 g/mol. The van der Waals surface area contributed by atoms with Gasteiger partial charge < -0.3 is 10.6 Å². The van der Waals surface area contributed by atoms with Crippen molar-refractivity contribution in [1.29, 1.82) is 0 Å². The SMILES string of the molecule is CCC(C)(C)CNC(=O)C1CNc2ccccc21. The highest BCUT2D eigenvalue weighted by Crippen LogP contribution is 2.31. The fourth-order valence-corrected chi connectivity index (χ4v) is 2.09. The van der Waals surface area contributed by atoms with E-state index in [0.717, 1.165) is 24.2 Å². The predicted octanol–water partition coefficient (Wildman–Crippen LogP) is 2.75. The summed E-state index contributed by atoms with van der Waals surface area (Å²) in [6.45, 7) is 7.94. The molecule has 2 N–H and O–H groups in total. The maximum atomic E-state index is 12.2. The van der Waals surface area contributed by atoms with Crippen LogP contribution < -0.4 is 10.6 Å². The van der Waals surface area contributed by atoms with Gasteiger partial charge in [0.15, 0.2) is 0 Å². The number of rotatable bonds is 4. The molecule has 3 heteroatoms. The van der Waals surface area contributed by atoms with Gasteiger partial charge in [-0.2, -0.15) is 0 Å². The molecule has 0 saturated carbocycles. The van der Waals surface area contributed by atoms with Crippen molar-refractivity contribution in [2.45, 2.75) is 33.1 Å². The maximum absolute atomic E-state index is 12.2. The molecule has 1 unspecified atom stereocenters. The van der Waals surface area contributed by atoms with Crippen molar-refractivity contribution in [3.05, 3.63) is 29.8 Å². The third-order valence-electron chi connectivity index (χ3n) is 3.85. The van der Waals surface area contributed by atoms with Crippen molar-refractivity contribution >= 4 is 11.6 Å². The van der Waals surface area contributed by atoms with E-state index >= 15 is 0 Å². The van der Waals surface area contributed by atoms with Crippen LogP contribution in [0.15, 0.2) is 24.3 Å². The molecule has 1 aromatic rings. The number of fused-ring (bicyclic) bond motifs is 1. The maximum Gasteiger partial charge on any atom is 0.229 e. The van der Waals surface area contributed by atoms with E-state index in [-0.39, 0.29) is 17.2 Å². The van der Waals surface area contributed by atoms with Crippen LogP contribution >= 0.6 is 0 Å². The summed E-state index contributed by atoms with van der Waals surface area (Å²) in [5, 5.41) is 6.36. The van der Waals surface area contributed by atoms with Gasteiger partial charge in [0.25, 0.3) is 0 Å². The van der Waals surface area contributed by atoms with Gasteiger partial charge in [0.2, 0.25) is 5.91 Å². The molecule has 2 rings (SSSR count). The van der Waals surface area contributed by atoms with Crippen LogP contribution in [-0.2, 0) is 4.79 Å². The Labute approximate surface area is 109 Å². The van der Waals surface area contributed by atoms with E-state index < -0.39 is 0 Å². The van der Waals surface area contributed by atoms with Crippen LogP contribution in [0.2, 0.25) is 0 Å².